The number of esters is 2. The molecule has 2 aliphatic heterocycles. The van der Waals surface area contributed by atoms with E-state index in [1.807, 2.05) is 6.07 Å². The fourth-order valence-corrected chi connectivity index (χ4v) is 6.42. The minimum Gasteiger partial charge on any atom is -0.469 e. The van der Waals surface area contributed by atoms with Crippen LogP contribution in [0, 0.1) is 13.8 Å². The normalized spacial score (nSPS) is 13.1. The van der Waals surface area contributed by atoms with Gasteiger partial charge in [-0.1, -0.05) is 13.8 Å². The summed E-state index contributed by atoms with van der Waals surface area (Å²) in [5, 5.41) is 0. The smallest absolute Gasteiger partial charge is 0.305 e. The number of H-pyrrole nitrogens is 2. The Hall–Kier alpha value is -4.46. The molecular weight excluding hydrogens is 552 g/mol. The molecule has 0 saturated heterocycles. The molecular formula is C36H42N4O4. The number of hydrogen-bond acceptors (Lipinski definition) is 6. The van der Waals surface area contributed by atoms with Crippen LogP contribution in [0.15, 0.2) is 24.3 Å². The Kier molecular flexibility index (Phi) is 8.90. The third-order valence-electron chi connectivity index (χ3n) is 9.12. The molecule has 0 saturated carbocycles. The molecule has 2 N–H and O–H groups in total. The highest BCUT2D eigenvalue weighted by molar-refractivity contribution is 5.96. The fourth-order valence-electron chi connectivity index (χ4n) is 6.42. The van der Waals surface area contributed by atoms with Gasteiger partial charge in [-0.05, 0) is 122 Å². The van der Waals surface area contributed by atoms with Crippen molar-refractivity contribution >= 4 is 56.3 Å². The van der Waals surface area contributed by atoms with Crippen molar-refractivity contribution in [2.24, 2.45) is 0 Å². The number of aromatic amines is 2. The lowest BCUT2D eigenvalue weighted by atomic mass is 9.98. The minimum absolute atomic E-state index is 0.250. The summed E-state index contributed by atoms with van der Waals surface area (Å²) >= 11 is 0. The number of hydrogen-bond donors (Lipinski definition) is 2. The highest BCUT2D eigenvalue weighted by atomic mass is 16.5. The maximum Gasteiger partial charge on any atom is 0.305 e. The Morgan fingerprint density at radius 2 is 1.02 bits per heavy atom. The van der Waals surface area contributed by atoms with Gasteiger partial charge in [0.05, 0.1) is 37.0 Å². The average Bonchev–Trinajstić information content (AvgIpc) is 3.67. The molecule has 0 unspecified atom stereocenters. The second-order valence-corrected chi connectivity index (χ2v) is 11.5. The number of nitrogens with zero attached hydrogens (tertiary/aromatic N) is 2. The van der Waals surface area contributed by atoms with E-state index in [1.54, 1.807) is 0 Å². The van der Waals surface area contributed by atoms with Crippen molar-refractivity contribution in [3.05, 3.63) is 69.3 Å². The predicted octanol–water partition coefficient (Wildman–Crippen LogP) is 7.82. The van der Waals surface area contributed by atoms with E-state index >= 15 is 0 Å². The average molecular weight is 595 g/mol. The number of aryl methyl sites for hydroxylation is 4. The second kappa shape index (κ2) is 12.6. The molecule has 2 aliphatic rings. The molecule has 44 heavy (non-hydrogen) atoms. The van der Waals surface area contributed by atoms with Crippen LogP contribution in [-0.2, 0) is 31.9 Å². The molecule has 0 radical (unpaired) electrons. The zero-order valence-corrected chi connectivity index (χ0v) is 27.1. The number of nitrogens with one attached hydrogen (secondary N) is 2. The molecule has 3 aromatic heterocycles. The van der Waals surface area contributed by atoms with E-state index in [9.17, 15) is 9.59 Å². The first-order valence-corrected chi connectivity index (χ1v) is 15.4. The number of carbonyl (C=O) groups is 2. The zero-order valence-electron chi connectivity index (χ0n) is 27.1. The quantitative estimate of drug-likeness (QED) is 0.257. The van der Waals surface area contributed by atoms with Crippen molar-refractivity contribution in [2.75, 3.05) is 14.2 Å². The highest BCUT2D eigenvalue weighted by Gasteiger charge is 2.23. The van der Waals surface area contributed by atoms with Gasteiger partial charge in [0.2, 0.25) is 0 Å². The van der Waals surface area contributed by atoms with Gasteiger partial charge in [-0.3, -0.25) is 9.59 Å². The molecule has 230 valence electrons. The predicted molar refractivity (Wildman–Crippen MR) is 177 cm³/mol. The molecule has 3 aromatic rings. The number of fused-ring (bicyclic) bond motifs is 8. The van der Waals surface area contributed by atoms with Crippen LogP contribution in [0.2, 0.25) is 0 Å². The molecule has 0 atom stereocenters. The Morgan fingerprint density at radius 3 is 1.39 bits per heavy atom. The molecule has 0 fully saturated rings. The van der Waals surface area contributed by atoms with Crippen LogP contribution in [0.4, 0.5) is 0 Å². The van der Waals surface area contributed by atoms with Crippen molar-refractivity contribution in [3.63, 3.8) is 0 Å². The van der Waals surface area contributed by atoms with Gasteiger partial charge in [-0.2, -0.15) is 0 Å². The Morgan fingerprint density at radius 1 is 0.614 bits per heavy atom. The summed E-state index contributed by atoms with van der Waals surface area (Å²) in [6.45, 7) is 12.8. The monoisotopic (exact) mass is 594 g/mol. The van der Waals surface area contributed by atoms with Crippen LogP contribution in [0.3, 0.4) is 0 Å². The summed E-state index contributed by atoms with van der Waals surface area (Å²) in [5.41, 5.74) is 16.4. The number of ether oxygens (including phenoxy) is 2. The molecule has 5 rings (SSSR count). The van der Waals surface area contributed by atoms with Crippen LogP contribution in [0.1, 0.15) is 98.4 Å². The van der Waals surface area contributed by atoms with Gasteiger partial charge in [0, 0.05) is 34.9 Å². The summed E-state index contributed by atoms with van der Waals surface area (Å²) in [4.78, 5) is 41.9. The van der Waals surface area contributed by atoms with Gasteiger partial charge in [-0.25, -0.2) is 9.97 Å². The molecule has 0 aliphatic carbocycles. The molecule has 5 heterocycles. The molecule has 8 nitrogen and oxygen atoms in total. The van der Waals surface area contributed by atoms with Gasteiger partial charge in [0.25, 0.3) is 0 Å². The topological polar surface area (TPSA) is 110 Å². The van der Waals surface area contributed by atoms with E-state index in [4.69, 9.17) is 19.4 Å². The minimum atomic E-state index is -0.265. The lowest BCUT2D eigenvalue weighted by molar-refractivity contribution is -0.141. The molecule has 0 spiro atoms. The van der Waals surface area contributed by atoms with Crippen LogP contribution < -0.4 is 0 Å². The summed E-state index contributed by atoms with van der Waals surface area (Å²) in [7, 11) is 2.82. The van der Waals surface area contributed by atoms with E-state index in [1.165, 1.54) is 36.5 Å². The molecule has 8 heteroatoms. The molecule has 0 amide bonds. The van der Waals surface area contributed by atoms with Crippen LogP contribution in [0.5, 0.6) is 0 Å². The molecule has 0 aromatic carbocycles. The van der Waals surface area contributed by atoms with Crippen molar-refractivity contribution in [3.8, 4) is 0 Å². The van der Waals surface area contributed by atoms with E-state index in [-0.39, 0.29) is 24.8 Å². The summed E-state index contributed by atoms with van der Waals surface area (Å²) in [6, 6.07) is 8.45. The maximum atomic E-state index is 12.2. The van der Waals surface area contributed by atoms with E-state index < -0.39 is 0 Å². The zero-order chi connectivity index (χ0) is 31.7. The maximum absolute atomic E-state index is 12.2. The van der Waals surface area contributed by atoms with Crippen molar-refractivity contribution in [1.82, 2.24) is 19.9 Å². The first-order chi connectivity index (χ1) is 21.1. The largest absolute Gasteiger partial charge is 0.469 e. The lowest BCUT2D eigenvalue weighted by Crippen LogP contribution is -2.01. The van der Waals surface area contributed by atoms with Gasteiger partial charge in [0.15, 0.2) is 0 Å². The first kappa shape index (κ1) is 31.0. The van der Waals surface area contributed by atoms with Crippen molar-refractivity contribution < 1.29 is 19.1 Å². The Balaban J connectivity index is 1.88. The summed E-state index contributed by atoms with van der Waals surface area (Å²) in [5.74, 6) is -0.530. The number of methoxy groups -OCH3 is 2. The first-order valence-electron chi connectivity index (χ1n) is 15.4. The van der Waals surface area contributed by atoms with Gasteiger partial charge in [-0.15, -0.1) is 0 Å². The summed E-state index contributed by atoms with van der Waals surface area (Å²) in [6.07, 6.45) is 3.24. The van der Waals surface area contributed by atoms with Crippen LogP contribution in [-0.4, -0.2) is 46.1 Å². The number of allylic oxidation sites excluding steroid dienone is 4. The van der Waals surface area contributed by atoms with Gasteiger partial charge >= 0.3 is 11.9 Å². The number of carbonyl (C=O) groups excluding carboxylic acids is 2. The third kappa shape index (κ3) is 5.73. The van der Waals surface area contributed by atoms with Gasteiger partial charge in [0.1, 0.15) is 0 Å². The standard InChI is InChI=1S/C36H42N4O4/c1-9-23-19(3)27-15-28-20(4)24(10-2)32(38-28)17-30-22(6)26(12-14-36(42)44-8)34(40-30)18-33-25(11-13-35(41)43-7)21(5)29(39-33)16-31(23)37-27/h15-18,37-38H,9-14H2,1-8H3. The highest BCUT2D eigenvalue weighted by Crippen LogP contribution is 2.38. The molecule has 8 bridgehead atoms. The van der Waals surface area contributed by atoms with Crippen molar-refractivity contribution in [2.45, 2.75) is 80.1 Å². The van der Waals surface area contributed by atoms with Crippen molar-refractivity contribution in [1.29, 1.82) is 0 Å². The van der Waals surface area contributed by atoms with Crippen LogP contribution in [0.25, 0.3) is 44.4 Å². The SMILES string of the molecule is CCc1c(C)c2cc3[nH]c(cc4nc(cc5nc(cc1[nH]2)C(C)=C5CCC(=O)OC)C(CCC(=O)OC)=C4C)c(CC)c3C. The van der Waals surface area contributed by atoms with Crippen LogP contribution >= 0.6 is 0 Å². The van der Waals surface area contributed by atoms with Gasteiger partial charge < -0.3 is 19.4 Å². The number of aromatic nitrogens is 4. The van der Waals surface area contributed by atoms with E-state index in [2.05, 4.69) is 69.7 Å². The Bertz CT molecular complexity index is 1750. The number of rotatable bonds is 8. The lowest BCUT2D eigenvalue weighted by Gasteiger charge is -2.06. The van der Waals surface area contributed by atoms with E-state index in [0.29, 0.717) is 12.8 Å². The second-order valence-electron chi connectivity index (χ2n) is 11.5. The third-order valence-corrected chi connectivity index (χ3v) is 9.12. The Labute approximate surface area is 258 Å². The fraction of sp³-hybridized carbons (Fsp3) is 0.389. The summed E-state index contributed by atoms with van der Waals surface area (Å²) < 4.78 is 9.91. The van der Waals surface area contributed by atoms with E-state index in [0.717, 1.165) is 80.0 Å².